The van der Waals surface area contributed by atoms with Crippen LogP contribution in [0.2, 0.25) is 0 Å². The maximum absolute atomic E-state index is 12.9. The summed E-state index contributed by atoms with van der Waals surface area (Å²) in [6.45, 7) is 10.5. The van der Waals surface area contributed by atoms with Crippen molar-refractivity contribution in [3.05, 3.63) is 112 Å². The van der Waals surface area contributed by atoms with E-state index in [9.17, 15) is 9.59 Å². The van der Waals surface area contributed by atoms with Crippen molar-refractivity contribution in [1.82, 2.24) is 0 Å². The minimum absolute atomic E-state index is 0.0216. The third-order valence-corrected chi connectivity index (χ3v) is 7.05. The monoisotopic (exact) mass is 466 g/mol. The summed E-state index contributed by atoms with van der Waals surface area (Å²) in [6, 6.07) is 22.5. The van der Waals surface area contributed by atoms with Crippen molar-refractivity contribution in [2.45, 2.75) is 58.8 Å². The Bertz CT molecular complexity index is 1260. The van der Waals surface area contributed by atoms with E-state index in [4.69, 9.17) is 4.74 Å². The summed E-state index contributed by atoms with van der Waals surface area (Å²) in [5, 5.41) is 0. The van der Waals surface area contributed by atoms with Gasteiger partial charge < -0.3 is 4.74 Å². The lowest BCUT2D eigenvalue weighted by Crippen LogP contribution is -2.22. The zero-order valence-corrected chi connectivity index (χ0v) is 21.4. The Labute approximate surface area is 208 Å². The lowest BCUT2D eigenvalue weighted by atomic mass is 9.71. The summed E-state index contributed by atoms with van der Waals surface area (Å²) in [5.74, 6) is -0.676. The molecule has 3 nitrogen and oxygen atoms in total. The van der Waals surface area contributed by atoms with Crippen molar-refractivity contribution in [2.75, 3.05) is 6.61 Å². The van der Waals surface area contributed by atoms with Crippen molar-refractivity contribution in [2.24, 2.45) is 0 Å². The first-order valence-electron chi connectivity index (χ1n) is 12.5. The summed E-state index contributed by atoms with van der Waals surface area (Å²) >= 11 is 0. The number of hydrogen-bond donors (Lipinski definition) is 0. The number of esters is 1. The standard InChI is InChI=1S/C32H34O3/c1-6-22-8-10-23(11-9-22)27-18-19-32(4,5)29-17-16-26(20-28(27)29)30(21(3)33)24-12-14-25(15-13-24)31(34)35-7-2/h8-18,20,30H,6-7,19H2,1-5H3. The van der Waals surface area contributed by atoms with Gasteiger partial charge in [-0.25, -0.2) is 4.79 Å². The van der Waals surface area contributed by atoms with Crippen molar-refractivity contribution in [3.63, 3.8) is 0 Å². The molecule has 3 aromatic carbocycles. The van der Waals surface area contributed by atoms with Crippen LogP contribution in [0.15, 0.2) is 72.8 Å². The smallest absolute Gasteiger partial charge is 0.338 e. The molecular weight excluding hydrogens is 432 g/mol. The van der Waals surface area contributed by atoms with Gasteiger partial charge in [-0.05, 0) is 89.3 Å². The largest absolute Gasteiger partial charge is 0.462 e. The molecule has 0 N–H and O–H groups in total. The number of benzene rings is 3. The minimum atomic E-state index is -0.398. The maximum Gasteiger partial charge on any atom is 0.338 e. The van der Waals surface area contributed by atoms with E-state index in [0.29, 0.717) is 12.2 Å². The number of ether oxygens (including phenoxy) is 1. The van der Waals surface area contributed by atoms with Gasteiger partial charge in [-0.2, -0.15) is 0 Å². The van der Waals surface area contributed by atoms with Crippen LogP contribution in [0.1, 0.15) is 90.7 Å². The van der Waals surface area contributed by atoms with Crippen molar-refractivity contribution >= 4 is 17.3 Å². The Kier molecular flexibility index (Phi) is 7.07. The second-order valence-corrected chi connectivity index (χ2v) is 9.95. The Hall–Kier alpha value is -3.46. The van der Waals surface area contributed by atoms with Crippen LogP contribution in [0.4, 0.5) is 0 Å². The van der Waals surface area contributed by atoms with Crippen LogP contribution in [0.3, 0.4) is 0 Å². The fourth-order valence-electron chi connectivity index (χ4n) is 5.01. The summed E-state index contributed by atoms with van der Waals surface area (Å²) in [5.41, 5.74) is 8.60. The topological polar surface area (TPSA) is 43.4 Å². The highest BCUT2D eigenvalue weighted by atomic mass is 16.5. The highest BCUT2D eigenvalue weighted by Gasteiger charge is 2.30. The Morgan fingerprint density at radius 3 is 2.17 bits per heavy atom. The van der Waals surface area contributed by atoms with Gasteiger partial charge >= 0.3 is 5.97 Å². The lowest BCUT2D eigenvalue weighted by Gasteiger charge is -2.33. The fourth-order valence-corrected chi connectivity index (χ4v) is 5.01. The van der Waals surface area contributed by atoms with E-state index in [0.717, 1.165) is 24.0 Å². The van der Waals surface area contributed by atoms with Gasteiger partial charge in [0.1, 0.15) is 5.78 Å². The van der Waals surface area contributed by atoms with Gasteiger partial charge in [0.15, 0.2) is 0 Å². The van der Waals surface area contributed by atoms with E-state index >= 15 is 0 Å². The zero-order valence-electron chi connectivity index (χ0n) is 21.4. The number of aryl methyl sites for hydroxylation is 1. The SMILES string of the molecule is CCOC(=O)c1ccc(C(C(C)=O)c2ccc3c(c2)C(c2ccc(CC)cc2)=CCC3(C)C)cc1. The van der Waals surface area contributed by atoms with E-state index in [2.05, 4.69) is 69.3 Å². The fraction of sp³-hybridized carbons (Fsp3) is 0.312. The number of carbonyl (C=O) groups is 2. The van der Waals surface area contributed by atoms with Gasteiger partial charge in [0, 0.05) is 0 Å². The molecule has 3 aromatic rings. The summed E-state index contributed by atoms with van der Waals surface area (Å²) in [6.07, 6.45) is 4.32. The van der Waals surface area contributed by atoms with E-state index in [-0.39, 0.29) is 17.2 Å². The number of rotatable bonds is 7. The highest BCUT2D eigenvalue weighted by Crippen LogP contribution is 2.43. The molecule has 1 aliphatic rings. The molecule has 0 saturated carbocycles. The lowest BCUT2D eigenvalue weighted by molar-refractivity contribution is -0.117. The Balaban J connectivity index is 1.77. The normalized spacial score (nSPS) is 15.1. The van der Waals surface area contributed by atoms with Gasteiger partial charge in [0.25, 0.3) is 0 Å². The van der Waals surface area contributed by atoms with Gasteiger partial charge in [0.05, 0.1) is 18.1 Å². The first-order chi connectivity index (χ1) is 16.7. The number of ketones is 1. The van der Waals surface area contributed by atoms with Crippen molar-refractivity contribution < 1.29 is 14.3 Å². The minimum Gasteiger partial charge on any atom is -0.462 e. The molecule has 0 bridgehead atoms. The molecule has 35 heavy (non-hydrogen) atoms. The van der Waals surface area contributed by atoms with Crippen LogP contribution in [0.5, 0.6) is 0 Å². The van der Waals surface area contributed by atoms with E-state index < -0.39 is 5.92 Å². The molecule has 0 radical (unpaired) electrons. The van der Waals surface area contributed by atoms with E-state index in [1.54, 1.807) is 26.0 Å². The summed E-state index contributed by atoms with van der Waals surface area (Å²) in [4.78, 5) is 24.9. The second-order valence-electron chi connectivity index (χ2n) is 9.95. The molecule has 0 aliphatic heterocycles. The molecule has 1 atom stereocenters. The van der Waals surface area contributed by atoms with Crippen LogP contribution < -0.4 is 0 Å². The molecule has 180 valence electrons. The number of Topliss-reactive ketones (excluding diaryl/α,β-unsaturated/α-hetero) is 1. The molecule has 1 unspecified atom stereocenters. The predicted octanol–water partition coefficient (Wildman–Crippen LogP) is 7.26. The Morgan fingerprint density at radius 1 is 0.914 bits per heavy atom. The first kappa shape index (κ1) is 24.7. The molecule has 0 amide bonds. The average Bonchev–Trinajstić information content (AvgIpc) is 2.85. The van der Waals surface area contributed by atoms with Crippen LogP contribution in [-0.2, 0) is 21.4 Å². The first-order valence-corrected chi connectivity index (χ1v) is 12.5. The predicted molar refractivity (Wildman–Crippen MR) is 142 cm³/mol. The van der Waals surface area contributed by atoms with E-state index in [1.165, 1.54) is 27.8 Å². The van der Waals surface area contributed by atoms with Crippen LogP contribution in [-0.4, -0.2) is 18.4 Å². The number of allylic oxidation sites excluding steroid dienone is 1. The molecule has 1 aliphatic carbocycles. The van der Waals surface area contributed by atoms with E-state index in [1.807, 2.05) is 12.1 Å². The molecule has 0 aromatic heterocycles. The van der Waals surface area contributed by atoms with Crippen LogP contribution in [0.25, 0.3) is 5.57 Å². The van der Waals surface area contributed by atoms with Crippen LogP contribution >= 0.6 is 0 Å². The number of fused-ring (bicyclic) bond motifs is 1. The molecular formula is C32H34O3. The van der Waals surface area contributed by atoms with Crippen LogP contribution in [0, 0.1) is 0 Å². The zero-order chi connectivity index (χ0) is 25.2. The highest BCUT2D eigenvalue weighted by molar-refractivity contribution is 5.91. The van der Waals surface area contributed by atoms with Gasteiger partial charge in [-0.3, -0.25) is 4.79 Å². The molecule has 4 rings (SSSR count). The Morgan fingerprint density at radius 2 is 1.57 bits per heavy atom. The van der Waals surface area contributed by atoms with Crippen molar-refractivity contribution in [1.29, 1.82) is 0 Å². The molecule has 0 saturated heterocycles. The third-order valence-electron chi connectivity index (χ3n) is 7.05. The molecule has 3 heteroatoms. The molecule has 0 fully saturated rings. The van der Waals surface area contributed by atoms with Crippen molar-refractivity contribution in [3.8, 4) is 0 Å². The average molecular weight is 467 g/mol. The maximum atomic E-state index is 12.9. The van der Waals surface area contributed by atoms with Gasteiger partial charge in [-0.1, -0.05) is 75.4 Å². The van der Waals surface area contributed by atoms with Gasteiger partial charge in [-0.15, -0.1) is 0 Å². The molecule has 0 heterocycles. The molecule has 0 spiro atoms. The summed E-state index contributed by atoms with van der Waals surface area (Å²) < 4.78 is 5.10. The van der Waals surface area contributed by atoms with Gasteiger partial charge in [0.2, 0.25) is 0 Å². The quantitative estimate of drug-likeness (QED) is 0.344. The number of carbonyl (C=O) groups excluding carboxylic acids is 2. The third kappa shape index (κ3) is 5.00. The number of hydrogen-bond acceptors (Lipinski definition) is 3. The second kappa shape index (κ2) is 10.0. The summed E-state index contributed by atoms with van der Waals surface area (Å²) in [7, 11) is 0.